The Bertz CT molecular complexity index is 817. The van der Waals surface area contributed by atoms with Crippen molar-refractivity contribution in [3.63, 3.8) is 0 Å². The van der Waals surface area contributed by atoms with Gasteiger partial charge >= 0.3 is 0 Å². The lowest BCUT2D eigenvalue weighted by atomic mass is 10.3. The van der Waals surface area contributed by atoms with Crippen LogP contribution in [-0.4, -0.2) is 24.1 Å². The first-order valence-electron chi connectivity index (χ1n) is 5.74. The first-order chi connectivity index (χ1) is 9.68. The minimum absolute atomic E-state index is 0.111. The molecule has 0 atom stereocenters. The van der Waals surface area contributed by atoms with Crippen molar-refractivity contribution in [1.82, 2.24) is 9.78 Å². The molecule has 0 aliphatic rings. The number of benzene rings is 1. The van der Waals surface area contributed by atoms with Crippen LogP contribution in [0.5, 0.6) is 0 Å². The highest BCUT2D eigenvalue weighted by atomic mass is 35.7. The van der Waals surface area contributed by atoms with E-state index in [9.17, 15) is 17.6 Å². The summed E-state index contributed by atoms with van der Waals surface area (Å²) in [6.45, 7) is 1.73. The van der Waals surface area contributed by atoms with Crippen molar-refractivity contribution in [2.45, 2.75) is 11.8 Å². The predicted molar refractivity (Wildman–Crippen MR) is 75.3 cm³/mol. The second-order valence-electron chi connectivity index (χ2n) is 4.33. The predicted octanol–water partition coefficient (Wildman–Crippen LogP) is 2.05. The Labute approximate surface area is 124 Å². The number of rotatable bonds is 3. The number of aromatic nitrogens is 2. The summed E-state index contributed by atoms with van der Waals surface area (Å²) in [6, 6.07) is 4.70. The lowest BCUT2D eigenvalue weighted by Crippen LogP contribution is -2.16. The highest BCUT2D eigenvalue weighted by molar-refractivity contribution is 8.13. The summed E-state index contributed by atoms with van der Waals surface area (Å²) in [5.41, 5.74) is 1.07. The fraction of sp³-hybridized carbons (Fsp3) is 0.167. The number of carbonyl (C=O) groups excluding carboxylic acids is 1. The maximum Gasteiger partial charge on any atom is 0.273 e. The van der Waals surface area contributed by atoms with Crippen molar-refractivity contribution in [3.8, 4) is 0 Å². The summed E-state index contributed by atoms with van der Waals surface area (Å²) in [7, 11) is 2.51. The van der Waals surface area contributed by atoms with Gasteiger partial charge in [-0.2, -0.15) is 5.10 Å². The molecule has 1 heterocycles. The Balaban J connectivity index is 2.27. The zero-order chi connectivity index (χ0) is 15.8. The van der Waals surface area contributed by atoms with Crippen LogP contribution in [0.15, 0.2) is 29.2 Å². The lowest BCUT2D eigenvalue weighted by molar-refractivity contribution is 0.101. The molecule has 0 saturated carbocycles. The smallest absolute Gasteiger partial charge is 0.273 e. The number of amides is 1. The minimum Gasteiger partial charge on any atom is -0.321 e. The van der Waals surface area contributed by atoms with Crippen molar-refractivity contribution in [2.24, 2.45) is 7.05 Å². The third-order valence-electron chi connectivity index (χ3n) is 2.69. The van der Waals surface area contributed by atoms with E-state index in [4.69, 9.17) is 10.7 Å². The summed E-state index contributed by atoms with van der Waals surface area (Å²) >= 11 is 0. The lowest BCUT2D eigenvalue weighted by Gasteiger charge is -2.06. The fourth-order valence-electron chi connectivity index (χ4n) is 1.79. The van der Waals surface area contributed by atoms with Gasteiger partial charge in [-0.25, -0.2) is 12.8 Å². The number of carbonyl (C=O) groups is 1. The van der Waals surface area contributed by atoms with Crippen LogP contribution in [0.25, 0.3) is 0 Å². The summed E-state index contributed by atoms with van der Waals surface area (Å²) in [5, 5.41) is 6.48. The number of hydrogen-bond acceptors (Lipinski definition) is 4. The monoisotopic (exact) mass is 331 g/mol. The van der Waals surface area contributed by atoms with Gasteiger partial charge in [-0.05, 0) is 31.2 Å². The van der Waals surface area contributed by atoms with Gasteiger partial charge in [-0.3, -0.25) is 9.48 Å². The number of anilines is 1. The van der Waals surface area contributed by atoms with E-state index >= 15 is 0 Å². The van der Waals surface area contributed by atoms with Crippen LogP contribution >= 0.6 is 10.7 Å². The molecule has 0 unspecified atom stereocenters. The van der Waals surface area contributed by atoms with Gasteiger partial charge in [0.15, 0.2) is 0 Å². The van der Waals surface area contributed by atoms with E-state index < -0.39 is 25.7 Å². The van der Waals surface area contributed by atoms with Crippen LogP contribution < -0.4 is 5.32 Å². The summed E-state index contributed by atoms with van der Waals surface area (Å²) in [6.07, 6.45) is 0. The average Bonchev–Trinajstić information content (AvgIpc) is 2.67. The van der Waals surface area contributed by atoms with E-state index in [1.807, 2.05) is 0 Å². The molecule has 0 fully saturated rings. The molecule has 1 amide bonds. The normalized spacial score (nSPS) is 11.4. The van der Waals surface area contributed by atoms with Gasteiger partial charge in [-0.15, -0.1) is 0 Å². The SMILES string of the molecule is Cc1cc(C(=O)Nc2ccc(S(=O)(=O)Cl)c(F)c2)n(C)n1. The number of aryl methyl sites for hydroxylation is 2. The number of hydrogen-bond donors (Lipinski definition) is 1. The Morgan fingerprint density at radius 3 is 2.52 bits per heavy atom. The van der Waals surface area contributed by atoms with Gasteiger partial charge in [0.1, 0.15) is 16.4 Å². The van der Waals surface area contributed by atoms with Crippen LogP contribution in [0.2, 0.25) is 0 Å². The maximum absolute atomic E-state index is 13.6. The summed E-state index contributed by atoms with van der Waals surface area (Å²) < 4.78 is 37.2. The minimum atomic E-state index is -4.16. The molecule has 0 radical (unpaired) electrons. The Morgan fingerprint density at radius 1 is 1.38 bits per heavy atom. The summed E-state index contributed by atoms with van der Waals surface area (Å²) in [4.78, 5) is 11.4. The molecule has 21 heavy (non-hydrogen) atoms. The van der Waals surface area contributed by atoms with Crippen LogP contribution in [-0.2, 0) is 16.1 Å². The van der Waals surface area contributed by atoms with E-state index in [1.165, 1.54) is 10.7 Å². The highest BCUT2D eigenvalue weighted by Crippen LogP contribution is 2.22. The second-order valence-corrected chi connectivity index (χ2v) is 6.87. The van der Waals surface area contributed by atoms with Gasteiger partial charge in [-0.1, -0.05) is 0 Å². The van der Waals surface area contributed by atoms with Crippen molar-refractivity contribution in [2.75, 3.05) is 5.32 Å². The van der Waals surface area contributed by atoms with E-state index in [1.54, 1.807) is 20.0 Å². The quantitative estimate of drug-likeness (QED) is 0.873. The molecule has 1 aromatic heterocycles. The second kappa shape index (κ2) is 5.45. The van der Waals surface area contributed by atoms with Crippen molar-refractivity contribution in [3.05, 3.63) is 41.5 Å². The molecule has 2 aromatic rings. The molecule has 6 nitrogen and oxygen atoms in total. The topological polar surface area (TPSA) is 81.1 Å². The van der Waals surface area contributed by atoms with Crippen LogP contribution in [0.1, 0.15) is 16.2 Å². The van der Waals surface area contributed by atoms with E-state index in [0.717, 1.165) is 12.1 Å². The third-order valence-corrected chi connectivity index (χ3v) is 4.04. The Kier molecular flexibility index (Phi) is 4.02. The molecule has 112 valence electrons. The number of nitrogens with one attached hydrogen (secondary N) is 1. The molecule has 1 N–H and O–H groups in total. The van der Waals surface area contributed by atoms with Crippen LogP contribution in [0.4, 0.5) is 10.1 Å². The van der Waals surface area contributed by atoms with E-state index in [2.05, 4.69) is 10.4 Å². The molecule has 1 aromatic carbocycles. The highest BCUT2D eigenvalue weighted by Gasteiger charge is 2.18. The van der Waals surface area contributed by atoms with Crippen molar-refractivity contribution < 1.29 is 17.6 Å². The molecule has 0 spiro atoms. The fourth-order valence-corrected chi connectivity index (χ4v) is 2.69. The average molecular weight is 332 g/mol. The third kappa shape index (κ3) is 3.40. The molecule has 0 aliphatic carbocycles. The first kappa shape index (κ1) is 15.5. The van der Waals surface area contributed by atoms with Gasteiger partial charge in [0, 0.05) is 23.4 Å². The largest absolute Gasteiger partial charge is 0.321 e. The van der Waals surface area contributed by atoms with E-state index in [-0.39, 0.29) is 5.69 Å². The Morgan fingerprint density at radius 2 is 2.05 bits per heavy atom. The van der Waals surface area contributed by atoms with Crippen LogP contribution in [0.3, 0.4) is 0 Å². The van der Waals surface area contributed by atoms with Crippen molar-refractivity contribution in [1.29, 1.82) is 0 Å². The number of halogens is 2. The molecule has 0 aliphatic heterocycles. The van der Waals surface area contributed by atoms with Gasteiger partial charge in [0.25, 0.3) is 15.0 Å². The Hall–Kier alpha value is -1.93. The zero-order valence-electron chi connectivity index (χ0n) is 11.1. The molecular weight excluding hydrogens is 321 g/mol. The molecule has 0 bridgehead atoms. The molecule has 9 heteroatoms. The molecule has 0 saturated heterocycles. The molecule has 2 rings (SSSR count). The molecular formula is C12H11ClFN3O3S. The first-order valence-corrected chi connectivity index (χ1v) is 8.05. The van der Waals surface area contributed by atoms with Gasteiger partial charge < -0.3 is 5.32 Å². The van der Waals surface area contributed by atoms with Gasteiger partial charge in [0.2, 0.25) is 0 Å². The summed E-state index contributed by atoms with van der Waals surface area (Å²) in [5.74, 6) is -1.53. The zero-order valence-corrected chi connectivity index (χ0v) is 12.7. The van der Waals surface area contributed by atoms with Crippen LogP contribution in [0, 0.1) is 12.7 Å². The van der Waals surface area contributed by atoms with Gasteiger partial charge in [0.05, 0.1) is 5.69 Å². The standard InChI is InChI=1S/C12H11ClFN3O3S/c1-7-5-10(17(2)16-7)12(18)15-8-3-4-11(9(14)6-8)21(13,19)20/h3-6H,1-2H3,(H,15,18). The number of nitrogens with zero attached hydrogens (tertiary/aromatic N) is 2. The van der Waals surface area contributed by atoms with Crippen molar-refractivity contribution >= 4 is 31.3 Å². The maximum atomic E-state index is 13.6. The van der Waals surface area contributed by atoms with E-state index in [0.29, 0.717) is 11.4 Å².